The predicted molar refractivity (Wildman–Crippen MR) is 80.4 cm³/mol. The van der Waals surface area contributed by atoms with Crippen molar-refractivity contribution in [2.45, 2.75) is 44.9 Å². The highest BCUT2D eigenvalue weighted by Gasteiger charge is 2.33. The zero-order valence-corrected chi connectivity index (χ0v) is 13.4. The van der Waals surface area contributed by atoms with E-state index in [0.29, 0.717) is 5.41 Å². The van der Waals surface area contributed by atoms with Crippen LogP contribution >= 0.6 is 15.9 Å². The third-order valence-corrected chi connectivity index (χ3v) is 5.93. The minimum atomic E-state index is 0.460. The standard InChI is InChI=1S/C15H28BrNO/c1-17(11-14-5-3-2-4-6-14)13-15(12-16)7-9-18-10-8-15/h14H,2-13H2,1H3. The summed E-state index contributed by atoms with van der Waals surface area (Å²) in [5, 5.41) is 1.12. The molecule has 1 saturated carbocycles. The average molecular weight is 318 g/mol. The van der Waals surface area contributed by atoms with E-state index in [0.717, 1.165) is 24.5 Å². The predicted octanol–water partition coefficient (Wildman–Crippen LogP) is 3.69. The fourth-order valence-electron chi connectivity index (χ4n) is 3.59. The van der Waals surface area contributed by atoms with Crippen LogP contribution in [0.2, 0.25) is 0 Å². The smallest absolute Gasteiger partial charge is 0.0472 e. The lowest BCUT2D eigenvalue weighted by Crippen LogP contribution is -2.42. The quantitative estimate of drug-likeness (QED) is 0.717. The van der Waals surface area contributed by atoms with Crippen LogP contribution in [0.1, 0.15) is 44.9 Å². The Morgan fingerprint density at radius 1 is 1.17 bits per heavy atom. The fourth-order valence-corrected chi connectivity index (χ4v) is 4.32. The van der Waals surface area contributed by atoms with Gasteiger partial charge in [0, 0.05) is 31.6 Å². The number of rotatable bonds is 5. The van der Waals surface area contributed by atoms with Gasteiger partial charge in [0.05, 0.1) is 0 Å². The van der Waals surface area contributed by atoms with E-state index in [1.54, 1.807) is 0 Å². The van der Waals surface area contributed by atoms with E-state index >= 15 is 0 Å². The maximum atomic E-state index is 5.52. The second-order valence-corrected chi connectivity index (χ2v) is 7.01. The molecule has 0 atom stereocenters. The van der Waals surface area contributed by atoms with Gasteiger partial charge in [-0.05, 0) is 44.1 Å². The van der Waals surface area contributed by atoms with Gasteiger partial charge in [-0.1, -0.05) is 35.2 Å². The van der Waals surface area contributed by atoms with Crippen molar-refractivity contribution in [2.75, 3.05) is 38.7 Å². The van der Waals surface area contributed by atoms with Crippen molar-refractivity contribution in [3.63, 3.8) is 0 Å². The van der Waals surface area contributed by atoms with Gasteiger partial charge in [0.25, 0.3) is 0 Å². The van der Waals surface area contributed by atoms with Crippen molar-refractivity contribution in [3.8, 4) is 0 Å². The minimum Gasteiger partial charge on any atom is -0.381 e. The molecular weight excluding hydrogens is 290 g/mol. The summed E-state index contributed by atoms with van der Waals surface area (Å²) in [4.78, 5) is 2.59. The normalized spacial score (nSPS) is 25.5. The number of hydrogen-bond acceptors (Lipinski definition) is 2. The molecule has 18 heavy (non-hydrogen) atoms. The monoisotopic (exact) mass is 317 g/mol. The van der Waals surface area contributed by atoms with Gasteiger partial charge in [0.15, 0.2) is 0 Å². The molecule has 0 radical (unpaired) electrons. The van der Waals surface area contributed by atoms with Crippen LogP contribution in [0.5, 0.6) is 0 Å². The van der Waals surface area contributed by atoms with Gasteiger partial charge in [-0.3, -0.25) is 0 Å². The Labute approximate surface area is 121 Å². The lowest BCUT2D eigenvalue weighted by atomic mass is 9.81. The first-order valence-electron chi connectivity index (χ1n) is 7.56. The maximum Gasteiger partial charge on any atom is 0.0472 e. The molecule has 1 aliphatic heterocycles. The molecule has 0 bridgehead atoms. The van der Waals surface area contributed by atoms with Gasteiger partial charge in [-0.2, -0.15) is 0 Å². The van der Waals surface area contributed by atoms with E-state index < -0.39 is 0 Å². The molecule has 1 aliphatic carbocycles. The highest BCUT2D eigenvalue weighted by atomic mass is 79.9. The molecule has 3 heteroatoms. The first kappa shape index (κ1) is 14.8. The van der Waals surface area contributed by atoms with E-state index in [-0.39, 0.29) is 0 Å². The van der Waals surface area contributed by atoms with Crippen LogP contribution in [0.3, 0.4) is 0 Å². The van der Waals surface area contributed by atoms with Crippen molar-refractivity contribution >= 4 is 15.9 Å². The molecule has 0 amide bonds. The third-order valence-electron chi connectivity index (χ3n) is 4.74. The van der Waals surface area contributed by atoms with E-state index in [9.17, 15) is 0 Å². The Balaban J connectivity index is 1.78. The van der Waals surface area contributed by atoms with Crippen molar-refractivity contribution < 1.29 is 4.74 Å². The summed E-state index contributed by atoms with van der Waals surface area (Å²) in [6.45, 7) is 4.43. The van der Waals surface area contributed by atoms with Gasteiger partial charge < -0.3 is 9.64 Å². The van der Waals surface area contributed by atoms with Gasteiger partial charge in [0.1, 0.15) is 0 Å². The summed E-state index contributed by atoms with van der Waals surface area (Å²) >= 11 is 3.74. The van der Waals surface area contributed by atoms with Crippen molar-refractivity contribution in [3.05, 3.63) is 0 Å². The molecule has 0 aromatic rings. The number of hydrogen-bond donors (Lipinski definition) is 0. The van der Waals surface area contributed by atoms with Crippen LogP contribution in [0, 0.1) is 11.3 Å². The molecule has 2 nitrogen and oxygen atoms in total. The van der Waals surface area contributed by atoms with Crippen LogP contribution in [0.15, 0.2) is 0 Å². The lowest BCUT2D eigenvalue weighted by molar-refractivity contribution is 0.00938. The Bertz CT molecular complexity index is 235. The second-order valence-electron chi connectivity index (χ2n) is 6.45. The van der Waals surface area contributed by atoms with E-state index in [1.807, 2.05) is 0 Å². The van der Waals surface area contributed by atoms with E-state index in [1.165, 1.54) is 58.0 Å². The zero-order chi connectivity index (χ0) is 12.8. The third kappa shape index (κ3) is 4.21. The van der Waals surface area contributed by atoms with Crippen LogP contribution in [0.4, 0.5) is 0 Å². The molecule has 2 fully saturated rings. The molecule has 0 spiro atoms. The SMILES string of the molecule is CN(CC1CCCCC1)CC1(CBr)CCOCC1. The minimum absolute atomic E-state index is 0.460. The van der Waals surface area contributed by atoms with Crippen LogP contribution in [-0.2, 0) is 4.74 Å². The summed E-state index contributed by atoms with van der Waals surface area (Å²) in [7, 11) is 2.31. The Kier molecular flexibility index (Phi) is 5.96. The average Bonchev–Trinajstić information content (AvgIpc) is 2.41. The Morgan fingerprint density at radius 3 is 2.44 bits per heavy atom. The molecule has 1 heterocycles. The van der Waals surface area contributed by atoms with Crippen molar-refractivity contribution in [2.24, 2.45) is 11.3 Å². The number of halogens is 1. The lowest BCUT2D eigenvalue weighted by Gasteiger charge is -2.40. The van der Waals surface area contributed by atoms with Gasteiger partial charge in [0.2, 0.25) is 0 Å². The molecule has 0 unspecified atom stereocenters. The Morgan fingerprint density at radius 2 is 1.83 bits per heavy atom. The van der Waals surface area contributed by atoms with Crippen molar-refractivity contribution in [1.82, 2.24) is 4.90 Å². The zero-order valence-electron chi connectivity index (χ0n) is 11.8. The highest BCUT2D eigenvalue weighted by Crippen LogP contribution is 2.34. The number of alkyl halides is 1. The fraction of sp³-hybridized carbons (Fsp3) is 1.00. The van der Waals surface area contributed by atoms with Gasteiger partial charge >= 0.3 is 0 Å². The summed E-state index contributed by atoms with van der Waals surface area (Å²) in [6.07, 6.45) is 9.71. The summed E-state index contributed by atoms with van der Waals surface area (Å²) in [5.41, 5.74) is 0.460. The summed E-state index contributed by atoms with van der Waals surface area (Å²) in [5.74, 6) is 0.955. The summed E-state index contributed by atoms with van der Waals surface area (Å²) < 4.78 is 5.52. The molecule has 106 valence electrons. The van der Waals surface area contributed by atoms with Crippen LogP contribution < -0.4 is 0 Å². The molecule has 0 N–H and O–H groups in total. The Hall–Kier alpha value is 0.400. The second kappa shape index (κ2) is 7.25. The van der Waals surface area contributed by atoms with E-state index in [2.05, 4.69) is 27.9 Å². The molecular formula is C15H28BrNO. The van der Waals surface area contributed by atoms with Crippen LogP contribution in [0.25, 0.3) is 0 Å². The molecule has 2 rings (SSSR count). The first-order valence-corrected chi connectivity index (χ1v) is 8.68. The molecule has 0 aromatic carbocycles. The summed E-state index contributed by atoms with van der Waals surface area (Å²) in [6, 6.07) is 0. The maximum absolute atomic E-state index is 5.52. The highest BCUT2D eigenvalue weighted by molar-refractivity contribution is 9.09. The first-order chi connectivity index (χ1) is 8.74. The largest absolute Gasteiger partial charge is 0.381 e. The van der Waals surface area contributed by atoms with E-state index in [4.69, 9.17) is 4.74 Å². The van der Waals surface area contributed by atoms with Gasteiger partial charge in [-0.15, -0.1) is 0 Å². The molecule has 0 aromatic heterocycles. The molecule has 2 aliphatic rings. The van der Waals surface area contributed by atoms with Crippen molar-refractivity contribution in [1.29, 1.82) is 0 Å². The molecule has 1 saturated heterocycles. The van der Waals surface area contributed by atoms with Crippen LogP contribution in [-0.4, -0.2) is 43.6 Å². The number of ether oxygens (including phenoxy) is 1. The topological polar surface area (TPSA) is 12.5 Å². The van der Waals surface area contributed by atoms with Gasteiger partial charge in [-0.25, -0.2) is 0 Å². The number of nitrogens with zero attached hydrogens (tertiary/aromatic N) is 1.